The molecule has 0 aliphatic carbocycles. The van der Waals surface area contributed by atoms with Gasteiger partial charge in [-0.05, 0) is 41.3 Å². The lowest BCUT2D eigenvalue weighted by molar-refractivity contribution is -0.116. The normalized spacial score (nSPS) is 11.0. The van der Waals surface area contributed by atoms with Crippen LogP contribution < -0.4 is 19.5 Å². The Morgan fingerprint density at radius 1 is 1.04 bits per heavy atom. The lowest BCUT2D eigenvalue weighted by atomic mass is 10.1. The van der Waals surface area contributed by atoms with Gasteiger partial charge in [0, 0.05) is 30.9 Å². The number of nitrogens with one attached hydrogen (secondary N) is 1. The zero-order chi connectivity index (χ0) is 19.9. The summed E-state index contributed by atoms with van der Waals surface area (Å²) in [7, 11) is 4.67. The third-order valence-corrected chi connectivity index (χ3v) is 4.45. The number of rotatable bonds is 8. The van der Waals surface area contributed by atoms with Crippen LogP contribution >= 0.6 is 0 Å². The van der Waals surface area contributed by atoms with Gasteiger partial charge in [0.15, 0.2) is 11.5 Å². The summed E-state index contributed by atoms with van der Waals surface area (Å²) in [6, 6.07) is 13.8. The van der Waals surface area contributed by atoms with Crippen LogP contribution in [-0.4, -0.2) is 38.3 Å². The minimum atomic E-state index is -0.162. The molecule has 0 unspecified atom stereocenters. The van der Waals surface area contributed by atoms with Crippen molar-refractivity contribution in [2.45, 2.75) is 6.54 Å². The molecule has 3 rings (SSSR count). The summed E-state index contributed by atoms with van der Waals surface area (Å²) in [6.45, 7) is 1.24. The van der Waals surface area contributed by atoms with E-state index < -0.39 is 0 Å². The average Bonchev–Trinajstić information content (AvgIpc) is 3.14. The maximum atomic E-state index is 12.1. The molecule has 28 heavy (non-hydrogen) atoms. The molecular formula is C22H24N2O4. The average molecular weight is 380 g/mol. The highest BCUT2D eigenvalue weighted by atomic mass is 16.5. The number of amides is 1. The fraction of sp³-hybridized carbons (Fsp3) is 0.227. The van der Waals surface area contributed by atoms with E-state index in [0.29, 0.717) is 30.3 Å². The standard InChI is InChI=1S/C22H24N2O4/c1-26-19-14-16(15-20(27-2)22(19)28-3)8-9-21(25)23-11-13-24-12-10-17-6-4-5-7-18(17)24/h4-10,12,14-15H,11,13H2,1-3H3,(H,23,25). The zero-order valence-electron chi connectivity index (χ0n) is 16.3. The van der Waals surface area contributed by atoms with Crippen LogP contribution in [0.2, 0.25) is 0 Å². The number of benzene rings is 2. The van der Waals surface area contributed by atoms with E-state index in [1.807, 2.05) is 18.3 Å². The molecule has 3 aromatic rings. The van der Waals surface area contributed by atoms with E-state index in [2.05, 4.69) is 28.1 Å². The van der Waals surface area contributed by atoms with Gasteiger partial charge in [0.05, 0.1) is 21.3 Å². The Bertz CT molecular complexity index is 966. The van der Waals surface area contributed by atoms with Crippen molar-refractivity contribution < 1.29 is 19.0 Å². The Labute approximate surface area is 164 Å². The minimum absolute atomic E-state index is 0.162. The number of aromatic nitrogens is 1. The van der Waals surface area contributed by atoms with Gasteiger partial charge in [-0.15, -0.1) is 0 Å². The summed E-state index contributed by atoms with van der Waals surface area (Å²) < 4.78 is 18.1. The zero-order valence-corrected chi connectivity index (χ0v) is 16.3. The van der Waals surface area contributed by atoms with E-state index in [4.69, 9.17) is 14.2 Å². The van der Waals surface area contributed by atoms with Crippen molar-refractivity contribution in [1.82, 2.24) is 9.88 Å². The predicted molar refractivity (Wildman–Crippen MR) is 110 cm³/mol. The molecule has 1 aromatic heterocycles. The minimum Gasteiger partial charge on any atom is -0.493 e. The number of ether oxygens (including phenoxy) is 3. The lowest BCUT2D eigenvalue weighted by Crippen LogP contribution is -2.25. The van der Waals surface area contributed by atoms with E-state index in [1.165, 1.54) is 11.5 Å². The molecule has 0 radical (unpaired) electrons. The molecule has 2 aromatic carbocycles. The highest BCUT2D eigenvalue weighted by Crippen LogP contribution is 2.38. The maximum Gasteiger partial charge on any atom is 0.244 e. The molecule has 0 bridgehead atoms. The van der Waals surface area contributed by atoms with Crippen LogP contribution in [0.15, 0.2) is 54.7 Å². The first-order valence-corrected chi connectivity index (χ1v) is 8.96. The second-order valence-electron chi connectivity index (χ2n) is 6.15. The number of fused-ring (bicyclic) bond motifs is 1. The summed E-state index contributed by atoms with van der Waals surface area (Å²) in [6.07, 6.45) is 5.24. The molecule has 0 saturated carbocycles. The number of hydrogen-bond donors (Lipinski definition) is 1. The Morgan fingerprint density at radius 3 is 2.43 bits per heavy atom. The molecule has 0 spiro atoms. The summed E-state index contributed by atoms with van der Waals surface area (Å²) >= 11 is 0. The predicted octanol–water partition coefficient (Wildman–Crippen LogP) is 3.50. The quantitative estimate of drug-likeness (QED) is 0.608. The third kappa shape index (κ3) is 4.28. The lowest BCUT2D eigenvalue weighted by Gasteiger charge is -2.12. The van der Waals surface area contributed by atoms with E-state index in [0.717, 1.165) is 11.1 Å². The number of carbonyl (C=O) groups excluding carboxylic acids is 1. The van der Waals surface area contributed by atoms with Gasteiger partial charge in [-0.2, -0.15) is 0 Å². The maximum absolute atomic E-state index is 12.1. The van der Waals surface area contributed by atoms with Gasteiger partial charge < -0.3 is 24.1 Å². The Hall–Kier alpha value is -3.41. The summed E-state index contributed by atoms with van der Waals surface area (Å²) in [5.74, 6) is 1.44. The largest absolute Gasteiger partial charge is 0.493 e. The fourth-order valence-electron chi connectivity index (χ4n) is 3.06. The van der Waals surface area contributed by atoms with Crippen molar-refractivity contribution in [2.75, 3.05) is 27.9 Å². The second kappa shape index (κ2) is 8.99. The van der Waals surface area contributed by atoms with E-state index >= 15 is 0 Å². The van der Waals surface area contributed by atoms with Crippen LogP contribution in [0.5, 0.6) is 17.2 Å². The Balaban J connectivity index is 1.61. The van der Waals surface area contributed by atoms with Gasteiger partial charge in [0.1, 0.15) is 0 Å². The summed E-state index contributed by atoms with van der Waals surface area (Å²) in [5, 5.41) is 4.09. The van der Waals surface area contributed by atoms with E-state index in [1.54, 1.807) is 39.5 Å². The van der Waals surface area contributed by atoms with Crippen LogP contribution in [-0.2, 0) is 11.3 Å². The smallest absolute Gasteiger partial charge is 0.244 e. The highest BCUT2D eigenvalue weighted by Gasteiger charge is 2.12. The SMILES string of the molecule is COc1cc(C=CC(=O)NCCn2ccc3ccccc32)cc(OC)c1OC. The van der Waals surface area contributed by atoms with Crippen molar-refractivity contribution >= 4 is 22.9 Å². The van der Waals surface area contributed by atoms with Crippen LogP contribution in [0.1, 0.15) is 5.56 Å². The van der Waals surface area contributed by atoms with Crippen LogP contribution in [0.25, 0.3) is 17.0 Å². The van der Waals surface area contributed by atoms with Gasteiger partial charge in [0.2, 0.25) is 11.7 Å². The first kappa shape index (κ1) is 19.4. The van der Waals surface area contributed by atoms with Gasteiger partial charge in [-0.1, -0.05) is 18.2 Å². The van der Waals surface area contributed by atoms with Gasteiger partial charge >= 0.3 is 0 Å². The molecule has 0 atom stereocenters. The molecule has 146 valence electrons. The molecule has 1 amide bonds. The molecule has 6 nitrogen and oxygen atoms in total. The van der Waals surface area contributed by atoms with Crippen molar-refractivity contribution in [3.8, 4) is 17.2 Å². The monoisotopic (exact) mass is 380 g/mol. The van der Waals surface area contributed by atoms with Gasteiger partial charge in [0.25, 0.3) is 0 Å². The van der Waals surface area contributed by atoms with Crippen molar-refractivity contribution in [3.05, 3.63) is 60.3 Å². The molecule has 6 heteroatoms. The fourth-order valence-corrected chi connectivity index (χ4v) is 3.06. The first-order chi connectivity index (χ1) is 13.7. The van der Waals surface area contributed by atoms with Crippen molar-refractivity contribution in [3.63, 3.8) is 0 Å². The molecule has 0 fully saturated rings. The van der Waals surface area contributed by atoms with E-state index in [9.17, 15) is 4.79 Å². The van der Waals surface area contributed by atoms with Crippen molar-refractivity contribution in [2.24, 2.45) is 0 Å². The molecule has 1 heterocycles. The second-order valence-corrected chi connectivity index (χ2v) is 6.15. The molecule has 0 aliphatic rings. The summed E-state index contributed by atoms with van der Waals surface area (Å²) in [4.78, 5) is 12.1. The first-order valence-electron chi connectivity index (χ1n) is 8.96. The van der Waals surface area contributed by atoms with Crippen LogP contribution in [0.3, 0.4) is 0 Å². The molecule has 0 saturated heterocycles. The third-order valence-electron chi connectivity index (χ3n) is 4.45. The van der Waals surface area contributed by atoms with Crippen molar-refractivity contribution in [1.29, 1.82) is 0 Å². The highest BCUT2D eigenvalue weighted by molar-refractivity contribution is 5.92. The molecular weight excluding hydrogens is 356 g/mol. The Morgan fingerprint density at radius 2 is 1.75 bits per heavy atom. The Kier molecular flexibility index (Phi) is 6.22. The van der Waals surface area contributed by atoms with E-state index in [-0.39, 0.29) is 5.91 Å². The van der Waals surface area contributed by atoms with Crippen LogP contribution in [0.4, 0.5) is 0 Å². The number of para-hydroxylation sites is 1. The number of hydrogen-bond acceptors (Lipinski definition) is 4. The molecule has 0 aliphatic heterocycles. The number of methoxy groups -OCH3 is 3. The summed E-state index contributed by atoms with van der Waals surface area (Å²) in [5.41, 5.74) is 1.94. The number of nitrogens with zero attached hydrogens (tertiary/aromatic N) is 1. The van der Waals surface area contributed by atoms with Crippen LogP contribution in [0, 0.1) is 0 Å². The van der Waals surface area contributed by atoms with Gasteiger partial charge in [-0.3, -0.25) is 4.79 Å². The van der Waals surface area contributed by atoms with Gasteiger partial charge in [-0.25, -0.2) is 0 Å². The topological polar surface area (TPSA) is 61.7 Å². The molecule has 1 N–H and O–H groups in total. The number of carbonyl (C=O) groups is 1.